The second-order valence-corrected chi connectivity index (χ2v) is 4.40. The predicted molar refractivity (Wildman–Crippen MR) is 70.9 cm³/mol. The maximum atomic E-state index is 9.18. The lowest BCUT2D eigenvalue weighted by Gasteiger charge is -2.10. The van der Waals surface area contributed by atoms with E-state index in [-0.39, 0.29) is 0 Å². The van der Waals surface area contributed by atoms with Crippen LogP contribution in [0.3, 0.4) is 0 Å². The first-order valence-corrected chi connectivity index (χ1v) is 5.59. The summed E-state index contributed by atoms with van der Waals surface area (Å²) in [7, 11) is 3.77. The van der Waals surface area contributed by atoms with E-state index >= 15 is 0 Å². The lowest BCUT2D eigenvalue weighted by atomic mass is 10.0. The van der Waals surface area contributed by atoms with E-state index in [1.54, 1.807) is 12.5 Å². The Balaban J connectivity index is 3.17. The number of allylic oxidation sites excluding steroid dienone is 2. The van der Waals surface area contributed by atoms with Crippen LogP contribution in [0.1, 0.15) is 26.7 Å². The number of nitrogens with zero attached hydrogens (tertiary/aromatic N) is 4. The van der Waals surface area contributed by atoms with Crippen molar-refractivity contribution < 1.29 is 0 Å². The maximum absolute atomic E-state index is 9.18. The SMILES string of the molecule is CC1=CN=C(N=CN(C)C)C(C#N)=C(C)CC1. The van der Waals surface area contributed by atoms with E-state index in [2.05, 4.69) is 16.1 Å². The van der Waals surface area contributed by atoms with Gasteiger partial charge in [-0.3, -0.25) is 0 Å². The standard InChI is InChI=1S/C13H18N4/c1-10-5-6-11(2)12(7-14)13(15-8-10)16-9-17(3)4/h8-9H,5-6H2,1-4H3. The molecule has 0 saturated heterocycles. The van der Waals surface area contributed by atoms with Crippen LogP contribution in [-0.2, 0) is 0 Å². The second kappa shape index (κ2) is 6.00. The quantitative estimate of drug-likeness (QED) is 0.513. The Labute approximate surface area is 103 Å². The van der Waals surface area contributed by atoms with Crippen molar-refractivity contribution in [1.29, 1.82) is 5.26 Å². The van der Waals surface area contributed by atoms with Crippen molar-refractivity contribution in [2.24, 2.45) is 9.98 Å². The number of hydrogen-bond acceptors (Lipinski definition) is 3. The Morgan fingerprint density at radius 1 is 1.41 bits per heavy atom. The van der Waals surface area contributed by atoms with Gasteiger partial charge in [0.05, 0.1) is 11.9 Å². The highest BCUT2D eigenvalue weighted by Crippen LogP contribution is 2.19. The molecule has 0 radical (unpaired) electrons. The molecule has 1 aliphatic rings. The van der Waals surface area contributed by atoms with Crippen LogP contribution >= 0.6 is 0 Å². The number of hydrogen-bond donors (Lipinski definition) is 0. The van der Waals surface area contributed by atoms with E-state index in [0.717, 1.165) is 18.4 Å². The fraction of sp³-hybridized carbons (Fsp3) is 0.462. The number of aliphatic imine (C=N–C) groups is 2. The Morgan fingerprint density at radius 2 is 2.12 bits per heavy atom. The molecule has 4 heteroatoms. The van der Waals surface area contributed by atoms with Crippen molar-refractivity contribution in [3.8, 4) is 6.07 Å². The topological polar surface area (TPSA) is 51.8 Å². The van der Waals surface area contributed by atoms with Gasteiger partial charge in [-0.05, 0) is 26.7 Å². The van der Waals surface area contributed by atoms with Crippen LogP contribution in [0, 0.1) is 11.3 Å². The molecule has 17 heavy (non-hydrogen) atoms. The Morgan fingerprint density at radius 3 is 2.71 bits per heavy atom. The van der Waals surface area contributed by atoms with Crippen molar-refractivity contribution in [1.82, 2.24) is 4.90 Å². The van der Waals surface area contributed by atoms with Gasteiger partial charge < -0.3 is 4.90 Å². The smallest absolute Gasteiger partial charge is 0.171 e. The molecule has 0 amide bonds. The van der Waals surface area contributed by atoms with Gasteiger partial charge in [-0.25, -0.2) is 9.98 Å². The normalized spacial score (nSPS) is 17.1. The van der Waals surface area contributed by atoms with E-state index in [1.165, 1.54) is 5.57 Å². The van der Waals surface area contributed by atoms with Crippen LogP contribution in [0.5, 0.6) is 0 Å². The molecule has 0 atom stereocenters. The average molecular weight is 230 g/mol. The van der Waals surface area contributed by atoms with Crippen molar-refractivity contribution in [3.05, 3.63) is 22.9 Å². The predicted octanol–water partition coefficient (Wildman–Crippen LogP) is 2.51. The minimum Gasteiger partial charge on any atom is -0.369 e. The molecule has 0 bridgehead atoms. The van der Waals surface area contributed by atoms with E-state index in [9.17, 15) is 5.26 Å². The van der Waals surface area contributed by atoms with Crippen LogP contribution in [-0.4, -0.2) is 31.2 Å². The summed E-state index contributed by atoms with van der Waals surface area (Å²) in [4.78, 5) is 10.4. The second-order valence-electron chi connectivity index (χ2n) is 4.40. The molecule has 0 aliphatic carbocycles. The summed E-state index contributed by atoms with van der Waals surface area (Å²) in [6.07, 6.45) is 5.30. The molecule has 0 aromatic carbocycles. The van der Waals surface area contributed by atoms with Crippen LogP contribution in [0.25, 0.3) is 0 Å². The van der Waals surface area contributed by atoms with Gasteiger partial charge in [0.25, 0.3) is 0 Å². The first-order chi connectivity index (χ1) is 8.04. The lowest BCUT2D eigenvalue weighted by Crippen LogP contribution is -2.11. The third kappa shape index (κ3) is 3.87. The molecule has 0 aromatic rings. The monoisotopic (exact) mass is 230 g/mol. The molecule has 4 nitrogen and oxygen atoms in total. The summed E-state index contributed by atoms with van der Waals surface area (Å²) in [6.45, 7) is 4.01. The van der Waals surface area contributed by atoms with Crippen LogP contribution < -0.4 is 0 Å². The molecular formula is C13H18N4. The third-order valence-electron chi connectivity index (χ3n) is 2.47. The molecule has 1 heterocycles. The molecule has 1 rings (SSSR count). The zero-order chi connectivity index (χ0) is 12.8. The molecule has 0 spiro atoms. The van der Waals surface area contributed by atoms with Gasteiger partial charge in [0.1, 0.15) is 6.07 Å². The number of amidine groups is 1. The molecule has 0 N–H and O–H groups in total. The highest BCUT2D eigenvalue weighted by atomic mass is 15.1. The summed E-state index contributed by atoms with van der Waals surface area (Å²) in [5.74, 6) is 0.498. The van der Waals surface area contributed by atoms with E-state index in [4.69, 9.17) is 0 Å². The van der Waals surface area contributed by atoms with Crippen molar-refractivity contribution in [2.75, 3.05) is 14.1 Å². The van der Waals surface area contributed by atoms with E-state index in [1.807, 2.05) is 32.8 Å². The van der Waals surface area contributed by atoms with Gasteiger partial charge in [-0.1, -0.05) is 11.1 Å². The molecule has 1 aliphatic heterocycles. The van der Waals surface area contributed by atoms with Gasteiger partial charge in [0.2, 0.25) is 0 Å². The Bertz CT molecular complexity index is 445. The molecule has 0 fully saturated rings. The lowest BCUT2D eigenvalue weighted by molar-refractivity contribution is 0.644. The number of rotatable bonds is 1. The third-order valence-corrected chi connectivity index (χ3v) is 2.47. The summed E-state index contributed by atoms with van der Waals surface area (Å²) >= 11 is 0. The molecular weight excluding hydrogens is 212 g/mol. The fourth-order valence-corrected chi connectivity index (χ4v) is 1.41. The average Bonchev–Trinajstić information content (AvgIpc) is 2.27. The van der Waals surface area contributed by atoms with Gasteiger partial charge in [-0.2, -0.15) is 5.26 Å². The van der Waals surface area contributed by atoms with Crippen LogP contribution in [0.4, 0.5) is 0 Å². The molecule has 90 valence electrons. The fourth-order valence-electron chi connectivity index (χ4n) is 1.41. The summed E-state index contributed by atoms with van der Waals surface area (Å²) < 4.78 is 0. The van der Waals surface area contributed by atoms with Gasteiger partial charge in [0, 0.05) is 20.3 Å². The van der Waals surface area contributed by atoms with E-state index < -0.39 is 0 Å². The minimum absolute atomic E-state index is 0.498. The zero-order valence-electron chi connectivity index (χ0n) is 10.9. The van der Waals surface area contributed by atoms with Crippen molar-refractivity contribution in [3.63, 3.8) is 0 Å². The van der Waals surface area contributed by atoms with Crippen LogP contribution in [0.2, 0.25) is 0 Å². The van der Waals surface area contributed by atoms with Gasteiger partial charge in [0.15, 0.2) is 5.84 Å². The number of nitriles is 1. The van der Waals surface area contributed by atoms with Crippen molar-refractivity contribution >= 4 is 12.2 Å². The Kier molecular flexibility index (Phi) is 4.65. The van der Waals surface area contributed by atoms with Crippen LogP contribution in [0.15, 0.2) is 32.9 Å². The molecule has 0 aromatic heterocycles. The summed E-state index contributed by atoms with van der Waals surface area (Å²) in [5.41, 5.74) is 2.85. The first kappa shape index (κ1) is 13.2. The summed E-state index contributed by atoms with van der Waals surface area (Å²) in [6, 6.07) is 2.20. The molecule has 0 unspecified atom stereocenters. The zero-order valence-corrected chi connectivity index (χ0v) is 10.9. The largest absolute Gasteiger partial charge is 0.369 e. The van der Waals surface area contributed by atoms with Gasteiger partial charge >= 0.3 is 0 Å². The highest BCUT2D eigenvalue weighted by molar-refractivity contribution is 6.06. The van der Waals surface area contributed by atoms with Crippen molar-refractivity contribution in [2.45, 2.75) is 26.7 Å². The highest BCUT2D eigenvalue weighted by Gasteiger charge is 2.11. The Hall–Kier alpha value is -1.89. The summed E-state index contributed by atoms with van der Waals surface area (Å²) in [5, 5.41) is 9.18. The molecule has 0 saturated carbocycles. The first-order valence-electron chi connectivity index (χ1n) is 5.59. The van der Waals surface area contributed by atoms with Gasteiger partial charge in [-0.15, -0.1) is 0 Å². The van der Waals surface area contributed by atoms with E-state index in [0.29, 0.717) is 11.4 Å². The maximum Gasteiger partial charge on any atom is 0.171 e. The minimum atomic E-state index is 0.498.